The second-order valence-electron chi connectivity index (χ2n) is 2.14. The van der Waals surface area contributed by atoms with Gasteiger partial charge in [-0.2, -0.15) is 0 Å². The molecule has 1 aromatic rings. The molecule has 0 atom stereocenters. The van der Waals surface area contributed by atoms with Crippen LogP contribution in [0.25, 0.3) is 0 Å². The van der Waals surface area contributed by atoms with Gasteiger partial charge in [-0.1, -0.05) is 12.1 Å². The van der Waals surface area contributed by atoms with Crippen molar-refractivity contribution in [2.24, 2.45) is 0 Å². The molecule has 57 valence electrons. The number of nitrogens with one attached hydrogen (secondary N) is 2. The van der Waals surface area contributed by atoms with Gasteiger partial charge in [0.15, 0.2) is 0 Å². The molecule has 0 unspecified atom stereocenters. The molecule has 0 spiro atoms. The van der Waals surface area contributed by atoms with E-state index in [2.05, 4.69) is 5.32 Å². The predicted octanol–water partition coefficient (Wildman–Crippen LogP) is 1.04. The normalized spacial score (nSPS) is 9.18. The lowest BCUT2D eigenvalue weighted by molar-refractivity contribution is -0.105. The van der Waals surface area contributed by atoms with Crippen LogP contribution in [-0.2, 0) is 11.3 Å². The van der Waals surface area contributed by atoms with Crippen LogP contribution in [0.4, 0.5) is 5.69 Å². The van der Waals surface area contributed by atoms with Crippen LogP contribution in [0.15, 0.2) is 24.3 Å². The van der Waals surface area contributed by atoms with E-state index in [0.29, 0.717) is 6.41 Å². The van der Waals surface area contributed by atoms with Crippen LogP contribution in [0.5, 0.6) is 0 Å². The highest BCUT2D eigenvalue weighted by Gasteiger charge is 1.89. The summed E-state index contributed by atoms with van der Waals surface area (Å²) in [5, 5.41) is 2.52. The Morgan fingerprint density at radius 2 is 2.00 bits per heavy atom. The van der Waals surface area contributed by atoms with Crippen molar-refractivity contribution in [2.45, 2.75) is 6.54 Å². The fourth-order valence-electron chi connectivity index (χ4n) is 0.787. The first-order valence-electron chi connectivity index (χ1n) is 3.30. The zero-order valence-corrected chi connectivity index (χ0v) is 6.00. The first-order chi connectivity index (χ1) is 5.36. The Morgan fingerprint density at radius 1 is 1.36 bits per heavy atom. The molecule has 0 aliphatic rings. The van der Waals surface area contributed by atoms with Gasteiger partial charge >= 0.3 is 0 Å². The maximum atomic E-state index is 9.98. The van der Waals surface area contributed by atoms with Crippen molar-refractivity contribution in [3.05, 3.63) is 29.8 Å². The molecule has 0 fully saturated rings. The highest BCUT2D eigenvalue weighted by Crippen LogP contribution is 2.07. The molecule has 1 radical (unpaired) electrons. The van der Waals surface area contributed by atoms with Crippen LogP contribution in [-0.4, -0.2) is 6.41 Å². The van der Waals surface area contributed by atoms with Gasteiger partial charge in [0.1, 0.15) is 0 Å². The summed E-state index contributed by atoms with van der Waals surface area (Å²) in [6.45, 7) is 0.279. The van der Waals surface area contributed by atoms with E-state index in [1.807, 2.05) is 12.1 Å². The van der Waals surface area contributed by atoms with Gasteiger partial charge in [0, 0.05) is 12.2 Å². The van der Waals surface area contributed by atoms with Crippen molar-refractivity contribution in [1.29, 1.82) is 0 Å². The third-order valence-electron chi connectivity index (χ3n) is 1.38. The summed E-state index contributed by atoms with van der Waals surface area (Å²) < 4.78 is 0. The molecular formula is C8H9N2O. The third-order valence-corrected chi connectivity index (χ3v) is 1.38. The molecule has 1 aromatic carbocycles. The van der Waals surface area contributed by atoms with Crippen molar-refractivity contribution in [3.8, 4) is 0 Å². The van der Waals surface area contributed by atoms with Gasteiger partial charge in [-0.05, 0) is 17.7 Å². The van der Waals surface area contributed by atoms with Gasteiger partial charge in [0.2, 0.25) is 6.41 Å². The van der Waals surface area contributed by atoms with E-state index >= 15 is 0 Å². The molecule has 0 aromatic heterocycles. The van der Waals surface area contributed by atoms with Crippen molar-refractivity contribution in [1.82, 2.24) is 5.73 Å². The molecular weight excluding hydrogens is 140 g/mol. The summed E-state index contributed by atoms with van der Waals surface area (Å²) in [7, 11) is 0. The maximum absolute atomic E-state index is 9.98. The van der Waals surface area contributed by atoms with Crippen LogP contribution in [0.3, 0.4) is 0 Å². The molecule has 1 rings (SSSR count). The van der Waals surface area contributed by atoms with Crippen molar-refractivity contribution < 1.29 is 4.79 Å². The minimum atomic E-state index is 0.279. The van der Waals surface area contributed by atoms with E-state index in [0.717, 1.165) is 11.3 Å². The number of amides is 1. The zero-order chi connectivity index (χ0) is 8.10. The lowest BCUT2D eigenvalue weighted by Gasteiger charge is -1.98. The molecule has 0 bridgehead atoms. The number of rotatable bonds is 3. The molecule has 2 N–H and O–H groups in total. The second kappa shape index (κ2) is 3.73. The molecule has 0 saturated heterocycles. The quantitative estimate of drug-likeness (QED) is 0.641. The van der Waals surface area contributed by atoms with E-state index in [4.69, 9.17) is 5.73 Å². The Balaban J connectivity index is 2.74. The minimum Gasteiger partial charge on any atom is -0.329 e. The Hall–Kier alpha value is -1.35. The Morgan fingerprint density at radius 3 is 2.45 bits per heavy atom. The standard InChI is InChI=1S/C8H9N2O/c9-5-7-1-3-8(4-2-7)10-6-11/h1-4,6,9H,5H2,(H,10,11). The average molecular weight is 149 g/mol. The lowest BCUT2D eigenvalue weighted by atomic mass is 10.2. The topological polar surface area (TPSA) is 52.9 Å². The van der Waals surface area contributed by atoms with Crippen LogP contribution >= 0.6 is 0 Å². The number of benzene rings is 1. The summed E-state index contributed by atoms with van der Waals surface area (Å²) in [4.78, 5) is 9.98. The fourth-order valence-corrected chi connectivity index (χ4v) is 0.787. The zero-order valence-electron chi connectivity index (χ0n) is 6.00. The Bertz CT molecular complexity index is 230. The van der Waals surface area contributed by atoms with E-state index < -0.39 is 0 Å². The first-order valence-corrected chi connectivity index (χ1v) is 3.30. The summed E-state index contributed by atoms with van der Waals surface area (Å²) >= 11 is 0. The van der Waals surface area contributed by atoms with Crippen LogP contribution in [0, 0.1) is 0 Å². The van der Waals surface area contributed by atoms with Crippen LogP contribution in [0.1, 0.15) is 5.56 Å². The maximum Gasteiger partial charge on any atom is 0.211 e. The van der Waals surface area contributed by atoms with Gasteiger partial charge in [-0.15, -0.1) is 0 Å². The summed E-state index contributed by atoms with van der Waals surface area (Å²) in [6, 6.07) is 7.19. The van der Waals surface area contributed by atoms with Gasteiger partial charge in [0.25, 0.3) is 0 Å². The van der Waals surface area contributed by atoms with E-state index in [-0.39, 0.29) is 6.54 Å². The predicted molar refractivity (Wildman–Crippen MR) is 42.9 cm³/mol. The molecule has 0 heterocycles. The number of hydrogen-bond acceptors (Lipinski definition) is 1. The molecule has 0 aliphatic carbocycles. The fraction of sp³-hybridized carbons (Fsp3) is 0.125. The second-order valence-corrected chi connectivity index (χ2v) is 2.14. The number of hydrogen-bond donors (Lipinski definition) is 1. The number of anilines is 1. The number of carbonyl (C=O) groups excluding carboxylic acids is 1. The van der Waals surface area contributed by atoms with E-state index in [1.54, 1.807) is 12.1 Å². The SMILES string of the molecule is [NH]Cc1ccc(NC=O)cc1. The number of carbonyl (C=O) groups is 1. The molecule has 0 aliphatic heterocycles. The highest BCUT2D eigenvalue weighted by molar-refractivity contribution is 5.70. The summed E-state index contributed by atoms with van der Waals surface area (Å²) in [6.07, 6.45) is 0.635. The first kappa shape index (κ1) is 7.75. The third kappa shape index (κ3) is 2.05. The van der Waals surface area contributed by atoms with E-state index in [1.165, 1.54) is 0 Å². The van der Waals surface area contributed by atoms with Crippen molar-refractivity contribution in [2.75, 3.05) is 5.32 Å². The molecule has 3 nitrogen and oxygen atoms in total. The van der Waals surface area contributed by atoms with Crippen LogP contribution in [0.2, 0.25) is 0 Å². The Labute approximate surface area is 65.2 Å². The summed E-state index contributed by atoms with van der Waals surface area (Å²) in [5.41, 5.74) is 8.73. The Kier molecular flexibility index (Phi) is 2.63. The van der Waals surface area contributed by atoms with Gasteiger partial charge in [-0.3, -0.25) is 10.5 Å². The average Bonchev–Trinajstić information content (AvgIpc) is 2.07. The van der Waals surface area contributed by atoms with E-state index in [9.17, 15) is 4.79 Å². The lowest BCUT2D eigenvalue weighted by Crippen LogP contribution is -1.93. The molecule has 11 heavy (non-hydrogen) atoms. The largest absolute Gasteiger partial charge is 0.329 e. The molecule has 3 heteroatoms. The van der Waals surface area contributed by atoms with Crippen molar-refractivity contribution >= 4 is 12.1 Å². The van der Waals surface area contributed by atoms with Crippen LogP contribution < -0.4 is 11.1 Å². The van der Waals surface area contributed by atoms with Crippen molar-refractivity contribution in [3.63, 3.8) is 0 Å². The van der Waals surface area contributed by atoms with Gasteiger partial charge < -0.3 is 5.32 Å². The molecule has 0 saturated carbocycles. The van der Waals surface area contributed by atoms with Gasteiger partial charge in [0.05, 0.1) is 0 Å². The highest BCUT2D eigenvalue weighted by atomic mass is 16.1. The molecule has 1 amide bonds. The smallest absolute Gasteiger partial charge is 0.211 e. The minimum absolute atomic E-state index is 0.279. The summed E-state index contributed by atoms with van der Waals surface area (Å²) in [5.74, 6) is 0. The monoisotopic (exact) mass is 149 g/mol. The van der Waals surface area contributed by atoms with Gasteiger partial charge in [-0.25, -0.2) is 0 Å².